The van der Waals surface area contributed by atoms with Crippen LogP contribution in [0.25, 0.3) is 0 Å². The number of rotatable bonds is 5. The molecule has 0 aliphatic carbocycles. The van der Waals surface area contributed by atoms with Gasteiger partial charge in [0, 0.05) is 10.2 Å². The molecule has 4 heteroatoms. The Morgan fingerprint density at radius 2 is 1.74 bits per heavy atom. The highest BCUT2D eigenvalue weighted by Crippen LogP contribution is 2.27. The van der Waals surface area contributed by atoms with Crippen LogP contribution < -0.4 is 15.2 Å². The molecule has 19 heavy (non-hydrogen) atoms. The molecule has 0 fully saturated rings. The predicted octanol–water partition coefficient (Wildman–Crippen LogP) is 4.01. The zero-order valence-corrected chi connectivity index (χ0v) is 12.3. The Labute approximate surface area is 121 Å². The summed E-state index contributed by atoms with van der Waals surface area (Å²) in [6, 6.07) is 13.4. The van der Waals surface area contributed by atoms with E-state index < -0.39 is 0 Å². The van der Waals surface area contributed by atoms with E-state index in [0.29, 0.717) is 18.9 Å². The highest BCUT2D eigenvalue weighted by Gasteiger charge is 2.04. The minimum Gasteiger partial charge on any atom is -0.490 e. The molecule has 0 radical (unpaired) electrons. The smallest absolute Gasteiger partial charge is 0.161 e. The van der Waals surface area contributed by atoms with Gasteiger partial charge in [-0.3, -0.25) is 0 Å². The van der Waals surface area contributed by atoms with Gasteiger partial charge in [-0.25, -0.2) is 0 Å². The lowest BCUT2D eigenvalue weighted by atomic mass is 10.2. The van der Waals surface area contributed by atoms with Crippen LogP contribution in [0, 0.1) is 0 Å². The van der Waals surface area contributed by atoms with Crippen molar-refractivity contribution in [1.82, 2.24) is 0 Å². The average Bonchev–Trinajstić information content (AvgIpc) is 2.37. The number of para-hydroxylation sites is 2. The van der Waals surface area contributed by atoms with Crippen molar-refractivity contribution in [1.29, 1.82) is 0 Å². The highest BCUT2D eigenvalue weighted by molar-refractivity contribution is 9.10. The maximum Gasteiger partial charge on any atom is 0.161 e. The third-order valence-electron chi connectivity index (χ3n) is 2.52. The van der Waals surface area contributed by atoms with E-state index in [1.807, 2.05) is 49.4 Å². The molecule has 3 nitrogen and oxygen atoms in total. The van der Waals surface area contributed by atoms with E-state index in [4.69, 9.17) is 15.2 Å². The van der Waals surface area contributed by atoms with Crippen LogP contribution in [-0.2, 0) is 6.61 Å². The Hall–Kier alpha value is -1.68. The van der Waals surface area contributed by atoms with Crippen molar-refractivity contribution < 1.29 is 9.47 Å². The standard InChI is InChI=1S/C15H16BrNO2/c1-2-18-14-5-3-4-6-15(14)19-10-11-7-12(16)9-13(17)8-11/h3-9H,2,10,17H2,1H3. The number of hydrogen-bond donors (Lipinski definition) is 1. The van der Waals surface area contributed by atoms with Crippen LogP contribution in [0.1, 0.15) is 12.5 Å². The summed E-state index contributed by atoms with van der Waals surface area (Å²) in [6.45, 7) is 3.02. The van der Waals surface area contributed by atoms with Crippen molar-refractivity contribution >= 4 is 21.6 Å². The van der Waals surface area contributed by atoms with Gasteiger partial charge in [0.25, 0.3) is 0 Å². The van der Waals surface area contributed by atoms with E-state index in [-0.39, 0.29) is 0 Å². The van der Waals surface area contributed by atoms with Crippen molar-refractivity contribution in [3.05, 3.63) is 52.5 Å². The fraction of sp³-hybridized carbons (Fsp3) is 0.200. The molecule has 2 aromatic rings. The van der Waals surface area contributed by atoms with Gasteiger partial charge in [0.15, 0.2) is 11.5 Å². The molecule has 2 N–H and O–H groups in total. The Balaban J connectivity index is 2.09. The van der Waals surface area contributed by atoms with Crippen LogP contribution in [0.4, 0.5) is 5.69 Å². The normalized spacial score (nSPS) is 10.2. The minimum absolute atomic E-state index is 0.452. The van der Waals surface area contributed by atoms with E-state index in [0.717, 1.165) is 21.5 Å². The Morgan fingerprint density at radius 1 is 1.05 bits per heavy atom. The van der Waals surface area contributed by atoms with Crippen LogP contribution in [-0.4, -0.2) is 6.61 Å². The molecule has 0 bridgehead atoms. The second kappa shape index (κ2) is 6.48. The number of anilines is 1. The number of nitrogen functional groups attached to an aromatic ring is 1. The van der Waals surface area contributed by atoms with Gasteiger partial charge in [0.1, 0.15) is 6.61 Å². The monoisotopic (exact) mass is 321 g/mol. The van der Waals surface area contributed by atoms with Gasteiger partial charge < -0.3 is 15.2 Å². The first-order valence-electron chi connectivity index (χ1n) is 6.08. The fourth-order valence-electron chi connectivity index (χ4n) is 1.76. The van der Waals surface area contributed by atoms with E-state index in [2.05, 4.69) is 15.9 Å². The molecule has 0 aliphatic heterocycles. The minimum atomic E-state index is 0.452. The fourth-order valence-corrected chi connectivity index (χ4v) is 2.32. The molecule has 0 amide bonds. The molecule has 0 spiro atoms. The lowest BCUT2D eigenvalue weighted by Crippen LogP contribution is -2.00. The zero-order valence-electron chi connectivity index (χ0n) is 10.7. The number of nitrogens with two attached hydrogens (primary N) is 1. The van der Waals surface area contributed by atoms with Crippen LogP contribution in [0.2, 0.25) is 0 Å². The van der Waals surface area contributed by atoms with E-state index in [1.54, 1.807) is 0 Å². The van der Waals surface area contributed by atoms with Gasteiger partial charge in [-0.1, -0.05) is 28.1 Å². The van der Waals surface area contributed by atoms with Crippen molar-refractivity contribution in [2.45, 2.75) is 13.5 Å². The molecular formula is C15H16BrNO2. The molecule has 0 heterocycles. The first-order chi connectivity index (χ1) is 9.19. The molecule has 0 unspecified atom stereocenters. The third-order valence-corrected chi connectivity index (χ3v) is 2.98. The van der Waals surface area contributed by atoms with Crippen molar-refractivity contribution in [3.63, 3.8) is 0 Å². The Morgan fingerprint density at radius 3 is 2.37 bits per heavy atom. The largest absolute Gasteiger partial charge is 0.490 e. The van der Waals surface area contributed by atoms with Crippen LogP contribution in [0.15, 0.2) is 46.9 Å². The number of benzene rings is 2. The predicted molar refractivity (Wildman–Crippen MR) is 80.5 cm³/mol. The molecule has 2 aromatic carbocycles. The molecule has 0 aliphatic rings. The first-order valence-corrected chi connectivity index (χ1v) is 6.88. The second-order valence-corrected chi connectivity index (χ2v) is 4.98. The topological polar surface area (TPSA) is 44.5 Å². The molecule has 2 rings (SSSR count). The average molecular weight is 322 g/mol. The van der Waals surface area contributed by atoms with Crippen LogP contribution in [0.5, 0.6) is 11.5 Å². The molecule has 0 saturated heterocycles. The van der Waals surface area contributed by atoms with Crippen molar-refractivity contribution in [3.8, 4) is 11.5 Å². The summed E-state index contributed by atoms with van der Waals surface area (Å²) < 4.78 is 12.2. The van der Waals surface area contributed by atoms with Crippen molar-refractivity contribution in [2.24, 2.45) is 0 Å². The van der Waals surface area contributed by atoms with Gasteiger partial charge in [0.05, 0.1) is 6.61 Å². The summed E-state index contributed by atoms with van der Waals surface area (Å²) in [4.78, 5) is 0. The summed E-state index contributed by atoms with van der Waals surface area (Å²) in [5.74, 6) is 1.50. The zero-order chi connectivity index (χ0) is 13.7. The maximum absolute atomic E-state index is 5.80. The van der Waals surface area contributed by atoms with Gasteiger partial charge in [-0.05, 0) is 42.8 Å². The lowest BCUT2D eigenvalue weighted by molar-refractivity contribution is 0.269. The van der Waals surface area contributed by atoms with Crippen molar-refractivity contribution in [2.75, 3.05) is 12.3 Å². The molecule has 0 saturated carbocycles. The number of ether oxygens (including phenoxy) is 2. The summed E-state index contributed by atoms with van der Waals surface area (Å²) in [7, 11) is 0. The molecule has 0 aromatic heterocycles. The molecule has 0 atom stereocenters. The van der Waals surface area contributed by atoms with Crippen LogP contribution in [0.3, 0.4) is 0 Å². The van der Waals surface area contributed by atoms with E-state index in [1.165, 1.54) is 0 Å². The first kappa shape index (κ1) is 13.7. The summed E-state index contributed by atoms with van der Waals surface area (Å²) in [5.41, 5.74) is 7.52. The number of hydrogen-bond acceptors (Lipinski definition) is 3. The SMILES string of the molecule is CCOc1ccccc1OCc1cc(N)cc(Br)c1. The van der Waals surface area contributed by atoms with E-state index >= 15 is 0 Å². The summed E-state index contributed by atoms with van der Waals surface area (Å²) in [5, 5.41) is 0. The van der Waals surface area contributed by atoms with Gasteiger partial charge >= 0.3 is 0 Å². The highest BCUT2D eigenvalue weighted by atomic mass is 79.9. The summed E-state index contributed by atoms with van der Waals surface area (Å²) >= 11 is 3.42. The Kier molecular flexibility index (Phi) is 4.68. The molecular weight excluding hydrogens is 306 g/mol. The third kappa shape index (κ3) is 3.89. The second-order valence-electron chi connectivity index (χ2n) is 4.06. The lowest BCUT2D eigenvalue weighted by Gasteiger charge is -2.12. The maximum atomic E-state index is 5.80. The number of halogens is 1. The van der Waals surface area contributed by atoms with Crippen LogP contribution >= 0.6 is 15.9 Å². The van der Waals surface area contributed by atoms with Gasteiger partial charge in [-0.15, -0.1) is 0 Å². The van der Waals surface area contributed by atoms with Gasteiger partial charge in [-0.2, -0.15) is 0 Å². The van der Waals surface area contributed by atoms with Gasteiger partial charge in [0.2, 0.25) is 0 Å². The quantitative estimate of drug-likeness (QED) is 0.846. The summed E-state index contributed by atoms with van der Waals surface area (Å²) in [6.07, 6.45) is 0. The van der Waals surface area contributed by atoms with E-state index in [9.17, 15) is 0 Å². The molecule has 100 valence electrons. The Bertz CT molecular complexity index is 537.